The molecule has 0 unspecified atom stereocenters. The summed E-state index contributed by atoms with van der Waals surface area (Å²) in [6.45, 7) is 7.00. The lowest BCUT2D eigenvalue weighted by molar-refractivity contribution is -0.384. The Labute approximate surface area is 273 Å². The highest BCUT2D eigenvalue weighted by molar-refractivity contribution is 8.00. The molecule has 0 radical (unpaired) electrons. The van der Waals surface area contributed by atoms with E-state index in [4.69, 9.17) is 9.47 Å². The molecule has 3 aromatic rings. The summed E-state index contributed by atoms with van der Waals surface area (Å²) in [4.78, 5) is 62.2. The first-order valence-electron chi connectivity index (χ1n) is 15.0. The van der Waals surface area contributed by atoms with Crippen molar-refractivity contribution in [1.29, 1.82) is 0 Å². The number of nitro benzene ring substituents is 1. The monoisotopic (exact) mass is 672 g/mol. The van der Waals surface area contributed by atoms with Crippen LogP contribution in [0.15, 0.2) is 29.4 Å². The van der Waals surface area contributed by atoms with E-state index in [1.807, 2.05) is 4.57 Å². The summed E-state index contributed by atoms with van der Waals surface area (Å²) in [6, 6.07) is 5.39. The molecular formula is C30H36N6O8S2. The van der Waals surface area contributed by atoms with Crippen molar-refractivity contribution in [3.63, 3.8) is 0 Å². The molecule has 0 bridgehead atoms. The standard InChI is InChI=1S/C30H36N6O8S2/c1-5-43-28(39)23-17(3)24(29(40)44-6-2)46-27(23)32-25(37)18(4)45-30-34-33-22(35(30)20-10-8-7-9-11-20)16-31-26(38)19-12-14-21(15-13-19)36(41)42/h12-15,18,20H,5-11,16H2,1-4H3,(H,31,38)(H,32,37)/t18-/m0/s1. The highest BCUT2D eigenvalue weighted by atomic mass is 32.2. The number of rotatable bonds is 13. The number of ether oxygens (including phenoxy) is 2. The fraction of sp³-hybridized carbons (Fsp3) is 0.467. The third-order valence-electron chi connectivity index (χ3n) is 7.40. The van der Waals surface area contributed by atoms with Gasteiger partial charge in [-0.05, 0) is 58.2 Å². The van der Waals surface area contributed by atoms with E-state index in [0.29, 0.717) is 16.5 Å². The lowest BCUT2D eigenvalue weighted by Gasteiger charge is -2.26. The lowest BCUT2D eigenvalue weighted by atomic mass is 9.95. The fourth-order valence-electron chi connectivity index (χ4n) is 5.08. The third kappa shape index (κ3) is 8.09. The summed E-state index contributed by atoms with van der Waals surface area (Å²) in [6.07, 6.45) is 4.94. The number of aromatic nitrogens is 3. The van der Waals surface area contributed by atoms with E-state index in [9.17, 15) is 29.3 Å². The molecule has 246 valence electrons. The van der Waals surface area contributed by atoms with Crippen LogP contribution in [0, 0.1) is 17.0 Å². The highest BCUT2D eigenvalue weighted by Crippen LogP contribution is 2.37. The van der Waals surface area contributed by atoms with Crippen molar-refractivity contribution in [2.75, 3.05) is 18.5 Å². The van der Waals surface area contributed by atoms with E-state index in [1.54, 1.807) is 27.7 Å². The zero-order valence-corrected chi connectivity index (χ0v) is 27.6. The van der Waals surface area contributed by atoms with Crippen LogP contribution in [0.1, 0.15) is 101 Å². The summed E-state index contributed by atoms with van der Waals surface area (Å²) in [5.41, 5.74) is 0.636. The average molecular weight is 673 g/mol. The quantitative estimate of drug-likeness (QED) is 0.102. The second-order valence-electron chi connectivity index (χ2n) is 10.5. The van der Waals surface area contributed by atoms with Gasteiger partial charge in [0.2, 0.25) is 5.91 Å². The van der Waals surface area contributed by atoms with Crippen LogP contribution < -0.4 is 10.6 Å². The summed E-state index contributed by atoms with van der Waals surface area (Å²) in [7, 11) is 0. The van der Waals surface area contributed by atoms with Crippen molar-refractivity contribution in [2.45, 2.75) is 82.8 Å². The number of benzene rings is 1. The summed E-state index contributed by atoms with van der Waals surface area (Å²) in [5, 5.41) is 25.3. The number of thioether (sulfide) groups is 1. The van der Waals surface area contributed by atoms with Gasteiger partial charge in [-0.25, -0.2) is 9.59 Å². The Bertz CT molecular complexity index is 1600. The van der Waals surface area contributed by atoms with E-state index in [2.05, 4.69) is 20.8 Å². The Hall–Kier alpha value is -4.31. The molecule has 4 rings (SSSR count). The molecule has 2 aromatic heterocycles. The Morgan fingerprint density at radius 2 is 1.72 bits per heavy atom. The van der Waals surface area contributed by atoms with Gasteiger partial charge in [0.1, 0.15) is 9.88 Å². The van der Waals surface area contributed by atoms with Crippen molar-refractivity contribution >= 4 is 57.5 Å². The van der Waals surface area contributed by atoms with Gasteiger partial charge in [0, 0.05) is 23.7 Å². The van der Waals surface area contributed by atoms with E-state index < -0.39 is 33.9 Å². The van der Waals surface area contributed by atoms with Gasteiger partial charge in [0.05, 0.1) is 35.5 Å². The predicted octanol–water partition coefficient (Wildman–Crippen LogP) is 5.46. The van der Waals surface area contributed by atoms with Gasteiger partial charge in [-0.15, -0.1) is 21.5 Å². The predicted molar refractivity (Wildman–Crippen MR) is 171 cm³/mol. The largest absolute Gasteiger partial charge is 0.462 e. The van der Waals surface area contributed by atoms with Crippen molar-refractivity contribution in [3.05, 3.63) is 61.8 Å². The molecule has 1 aromatic carbocycles. The summed E-state index contributed by atoms with van der Waals surface area (Å²) in [5.74, 6) is -1.55. The number of nitro groups is 1. The molecule has 0 saturated heterocycles. The summed E-state index contributed by atoms with van der Waals surface area (Å²) >= 11 is 2.15. The third-order valence-corrected chi connectivity index (χ3v) is 9.64. The molecule has 46 heavy (non-hydrogen) atoms. The first-order valence-corrected chi connectivity index (χ1v) is 16.7. The molecule has 0 spiro atoms. The molecule has 1 fully saturated rings. The van der Waals surface area contributed by atoms with Crippen molar-refractivity contribution in [1.82, 2.24) is 20.1 Å². The molecular weight excluding hydrogens is 636 g/mol. The maximum absolute atomic E-state index is 13.4. The van der Waals surface area contributed by atoms with Crippen LogP contribution in [-0.2, 0) is 20.8 Å². The number of nitrogens with one attached hydrogen (secondary N) is 2. The number of non-ortho nitro benzene ring substituents is 1. The molecule has 1 saturated carbocycles. The van der Waals surface area contributed by atoms with Crippen molar-refractivity contribution in [3.8, 4) is 0 Å². The first kappa shape index (κ1) is 34.6. The molecule has 2 N–H and O–H groups in total. The maximum Gasteiger partial charge on any atom is 0.348 e. The Kier molecular flexibility index (Phi) is 11.9. The van der Waals surface area contributed by atoms with Gasteiger partial charge < -0.3 is 24.7 Å². The van der Waals surface area contributed by atoms with Gasteiger partial charge in [-0.3, -0.25) is 19.7 Å². The smallest absolute Gasteiger partial charge is 0.348 e. The van der Waals surface area contributed by atoms with Crippen LogP contribution in [0.5, 0.6) is 0 Å². The SMILES string of the molecule is CCOC(=O)c1sc(NC(=O)[C@H](C)Sc2nnc(CNC(=O)c3ccc([N+](=O)[O-])cc3)n2C2CCCCC2)c(C(=O)OCC)c1C. The van der Waals surface area contributed by atoms with Crippen LogP contribution in [0.3, 0.4) is 0 Å². The second-order valence-corrected chi connectivity index (χ2v) is 12.8. The van der Waals surface area contributed by atoms with Crippen molar-refractivity contribution < 1.29 is 33.6 Å². The molecule has 0 aliphatic heterocycles. The zero-order chi connectivity index (χ0) is 33.4. The van der Waals surface area contributed by atoms with Crippen LogP contribution in [0.25, 0.3) is 0 Å². The number of esters is 2. The number of hydrogen-bond acceptors (Lipinski definition) is 12. The van der Waals surface area contributed by atoms with Gasteiger partial charge in [-0.1, -0.05) is 31.0 Å². The number of hydrogen-bond donors (Lipinski definition) is 2. The number of carbonyl (C=O) groups is 4. The van der Waals surface area contributed by atoms with Gasteiger partial charge in [0.15, 0.2) is 11.0 Å². The zero-order valence-electron chi connectivity index (χ0n) is 26.0. The topological polar surface area (TPSA) is 185 Å². The molecule has 1 aliphatic carbocycles. The molecule has 16 heteroatoms. The normalized spacial score (nSPS) is 13.9. The number of thiophene rings is 1. The van der Waals surface area contributed by atoms with Gasteiger partial charge in [-0.2, -0.15) is 0 Å². The molecule has 1 aliphatic rings. The Balaban J connectivity index is 1.52. The van der Waals surface area contributed by atoms with Gasteiger partial charge in [0.25, 0.3) is 11.6 Å². The number of anilines is 1. The molecule has 1 atom stereocenters. The maximum atomic E-state index is 13.4. The van der Waals surface area contributed by atoms with Crippen LogP contribution in [0.2, 0.25) is 0 Å². The van der Waals surface area contributed by atoms with Crippen LogP contribution in [-0.4, -0.2) is 61.9 Å². The van der Waals surface area contributed by atoms with E-state index in [1.165, 1.54) is 36.0 Å². The van der Waals surface area contributed by atoms with Crippen LogP contribution in [0.4, 0.5) is 10.7 Å². The fourth-order valence-corrected chi connectivity index (χ4v) is 7.11. The molecule has 14 nitrogen and oxygen atoms in total. The first-order chi connectivity index (χ1) is 22.0. The Morgan fingerprint density at radius 3 is 2.35 bits per heavy atom. The molecule has 2 amide bonds. The highest BCUT2D eigenvalue weighted by Gasteiger charge is 2.30. The van der Waals surface area contributed by atoms with E-state index in [0.717, 1.165) is 43.4 Å². The minimum atomic E-state index is -0.683. The second kappa shape index (κ2) is 15.8. The lowest BCUT2D eigenvalue weighted by Crippen LogP contribution is -2.27. The minimum Gasteiger partial charge on any atom is -0.462 e. The van der Waals surface area contributed by atoms with E-state index in [-0.39, 0.29) is 52.5 Å². The number of carbonyl (C=O) groups excluding carboxylic acids is 4. The van der Waals surface area contributed by atoms with Crippen molar-refractivity contribution in [2.24, 2.45) is 0 Å². The average Bonchev–Trinajstić information content (AvgIpc) is 3.60. The van der Waals surface area contributed by atoms with E-state index >= 15 is 0 Å². The number of amides is 2. The number of nitrogens with zero attached hydrogens (tertiary/aromatic N) is 4. The summed E-state index contributed by atoms with van der Waals surface area (Å²) < 4.78 is 12.3. The van der Waals surface area contributed by atoms with Gasteiger partial charge >= 0.3 is 11.9 Å². The minimum absolute atomic E-state index is 0.0640. The Morgan fingerprint density at radius 1 is 1.07 bits per heavy atom. The molecule has 2 heterocycles. The van der Waals surface area contributed by atoms with Crippen LogP contribution >= 0.6 is 23.1 Å².